The zero-order valence-electron chi connectivity index (χ0n) is 16.4. The number of aryl methyl sites for hydroxylation is 1. The van der Waals surface area contributed by atoms with Gasteiger partial charge in [-0.1, -0.05) is 44.2 Å². The van der Waals surface area contributed by atoms with E-state index in [1.165, 1.54) is 0 Å². The molecule has 0 radical (unpaired) electrons. The van der Waals surface area contributed by atoms with E-state index in [0.717, 1.165) is 5.56 Å². The molecule has 7 heteroatoms. The van der Waals surface area contributed by atoms with Crippen LogP contribution in [0.3, 0.4) is 0 Å². The van der Waals surface area contributed by atoms with Gasteiger partial charge in [0.1, 0.15) is 5.82 Å². The molecule has 2 N–H and O–H groups in total. The first kappa shape index (κ1) is 19.6. The first-order chi connectivity index (χ1) is 13.5. The van der Waals surface area contributed by atoms with E-state index in [1.54, 1.807) is 57.3 Å². The number of benzene rings is 2. The van der Waals surface area contributed by atoms with E-state index >= 15 is 0 Å². The van der Waals surface area contributed by atoms with Crippen LogP contribution >= 0.6 is 0 Å². The molecule has 3 aromatic rings. The molecule has 4 nitrogen and oxygen atoms in total. The van der Waals surface area contributed by atoms with Crippen molar-refractivity contribution in [2.45, 2.75) is 50.4 Å². The highest BCUT2D eigenvalue weighted by atomic mass is 19.4. The Hall–Kier alpha value is -2.67. The maximum atomic E-state index is 14.2. The summed E-state index contributed by atoms with van der Waals surface area (Å²) in [7, 11) is 0. The Morgan fingerprint density at radius 1 is 1.10 bits per heavy atom. The van der Waals surface area contributed by atoms with Gasteiger partial charge in [0.25, 0.3) is 0 Å². The lowest BCUT2D eigenvalue weighted by molar-refractivity contribution is -0.275. The molecular formula is C22H22F3N3O. The number of halogens is 3. The largest absolute Gasteiger partial charge is 0.419 e. The number of aromatic nitrogens is 2. The van der Waals surface area contributed by atoms with Crippen LogP contribution in [0.1, 0.15) is 43.3 Å². The highest BCUT2D eigenvalue weighted by molar-refractivity contribution is 5.91. The smallest absolute Gasteiger partial charge is 0.379 e. The molecule has 0 spiro atoms. The molecule has 0 saturated carbocycles. The fraction of sp³-hybridized carbons (Fsp3) is 0.364. The summed E-state index contributed by atoms with van der Waals surface area (Å²) >= 11 is 0. The molecule has 0 bridgehead atoms. The lowest BCUT2D eigenvalue weighted by Crippen LogP contribution is -2.58. The van der Waals surface area contributed by atoms with Crippen molar-refractivity contribution in [3.63, 3.8) is 0 Å². The van der Waals surface area contributed by atoms with Crippen LogP contribution in [0.15, 0.2) is 48.7 Å². The van der Waals surface area contributed by atoms with E-state index in [1.807, 2.05) is 12.1 Å². The number of aliphatic hydroxyl groups is 1. The van der Waals surface area contributed by atoms with Crippen LogP contribution in [-0.4, -0.2) is 26.9 Å². The number of hydrogen-bond donors (Lipinski definition) is 2. The number of nitrogens with one attached hydrogen (secondary N) is 1. The van der Waals surface area contributed by atoms with E-state index < -0.39 is 29.7 Å². The minimum atomic E-state index is -4.81. The van der Waals surface area contributed by atoms with Gasteiger partial charge in [0, 0.05) is 17.3 Å². The lowest BCUT2D eigenvalue weighted by Gasteiger charge is -2.49. The van der Waals surface area contributed by atoms with Crippen molar-refractivity contribution in [3.8, 4) is 0 Å². The molecule has 2 atom stereocenters. The highest BCUT2D eigenvalue weighted by Crippen LogP contribution is 2.54. The van der Waals surface area contributed by atoms with Gasteiger partial charge >= 0.3 is 6.18 Å². The second kappa shape index (κ2) is 6.42. The third kappa shape index (κ3) is 3.13. The summed E-state index contributed by atoms with van der Waals surface area (Å²) < 4.78 is 42.5. The van der Waals surface area contributed by atoms with Gasteiger partial charge in [0.2, 0.25) is 0 Å². The van der Waals surface area contributed by atoms with E-state index in [-0.39, 0.29) is 0 Å². The summed E-state index contributed by atoms with van der Waals surface area (Å²) in [6.07, 6.45) is -3.67. The fourth-order valence-electron chi connectivity index (χ4n) is 4.38. The molecule has 0 amide bonds. The molecular weight excluding hydrogens is 379 g/mol. The van der Waals surface area contributed by atoms with Crippen LogP contribution in [0.5, 0.6) is 0 Å². The van der Waals surface area contributed by atoms with Crippen LogP contribution in [0.25, 0.3) is 10.9 Å². The van der Waals surface area contributed by atoms with Crippen LogP contribution in [-0.2, 0) is 5.41 Å². The number of alkyl halides is 3. The van der Waals surface area contributed by atoms with Gasteiger partial charge in [0.05, 0.1) is 11.6 Å². The van der Waals surface area contributed by atoms with Crippen molar-refractivity contribution in [1.29, 1.82) is 0 Å². The van der Waals surface area contributed by atoms with Gasteiger partial charge in [-0.05, 0) is 42.0 Å². The fourth-order valence-corrected chi connectivity index (χ4v) is 4.38. The SMILES string of the molecule is Cc1ncc2c(NC3c4ccccc4C(C)(C)CC3(O)C(F)(F)F)cccc2n1. The van der Waals surface area contributed by atoms with Crippen LogP contribution < -0.4 is 5.32 Å². The highest BCUT2D eigenvalue weighted by Gasteiger charge is 2.63. The minimum absolute atomic E-state index is 0.439. The van der Waals surface area contributed by atoms with Gasteiger partial charge in [0.15, 0.2) is 5.60 Å². The zero-order valence-corrected chi connectivity index (χ0v) is 16.4. The van der Waals surface area contributed by atoms with Gasteiger partial charge < -0.3 is 10.4 Å². The number of nitrogens with zero attached hydrogens (tertiary/aromatic N) is 2. The van der Waals surface area contributed by atoms with Crippen molar-refractivity contribution in [2.75, 3.05) is 5.32 Å². The Balaban J connectivity index is 1.90. The average Bonchev–Trinajstić information content (AvgIpc) is 2.63. The molecule has 1 aromatic heterocycles. The van der Waals surface area contributed by atoms with E-state index in [9.17, 15) is 18.3 Å². The van der Waals surface area contributed by atoms with Gasteiger partial charge in [-0.25, -0.2) is 9.97 Å². The molecule has 2 aromatic carbocycles. The van der Waals surface area contributed by atoms with E-state index in [0.29, 0.717) is 28.0 Å². The van der Waals surface area contributed by atoms with Crippen molar-refractivity contribution in [2.24, 2.45) is 0 Å². The molecule has 0 fully saturated rings. The predicted octanol–water partition coefficient (Wildman–Crippen LogP) is 5.07. The topological polar surface area (TPSA) is 58.0 Å². The first-order valence-corrected chi connectivity index (χ1v) is 9.40. The summed E-state index contributed by atoms with van der Waals surface area (Å²) in [6, 6.07) is 10.8. The average molecular weight is 401 g/mol. The molecule has 0 aliphatic heterocycles. The molecule has 1 aliphatic rings. The maximum Gasteiger partial charge on any atom is 0.419 e. The van der Waals surface area contributed by atoms with Crippen molar-refractivity contribution >= 4 is 16.6 Å². The third-order valence-electron chi connectivity index (χ3n) is 5.73. The Morgan fingerprint density at radius 3 is 2.55 bits per heavy atom. The third-order valence-corrected chi connectivity index (χ3v) is 5.73. The Labute approximate surface area is 166 Å². The summed E-state index contributed by atoms with van der Waals surface area (Å²) in [5, 5.41) is 14.6. The zero-order chi connectivity index (χ0) is 21.0. The quantitative estimate of drug-likeness (QED) is 0.630. The van der Waals surface area contributed by atoms with E-state index in [4.69, 9.17) is 0 Å². The van der Waals surface area contributed by atoms with Crippen LogP contribution in [0, 0.1) is 6.92 Å². The van der Waals surface area contributed by atoms with Gasteiger partial charge in [-0.2, -0.15) is 13.2 Å². The van der Waals surface area contributed by atoms with Gasteiger partial charge in [-0.15, -0.1) is 0 Å². The molecule has 1 aliphatic carbocycles. The molecule has 2 unspecified atom stereocenters. The Kier molecular flexibility index (Phi) is 4.35. The molecule has 4 rings (SSSR count). The lowest BCUT2D eigenvalue weighted by atomic mass is 9.63. The summed E-state index contributed by atoms with van der Waals surface area (Å²) in [4.78, 5) is 8.52. The predicted molar refractivity (Wildman–Crippen MR) is 106 cm³/mol. The summed E-state index contributed by atoms with van der Waals surface area (Å²) in [5.41, 5.74) is -1.46. The number of anilines is 1. The summed E-state index contributed by atoms with van der Waals surface area (Å²) in [6.45, 7) is 5.21. The summed E-state index contributed by atoms with van der Waals surface area (Å²) in [5.74, 6) is 0.575. The second-order valence-electron chi connectivity index (χ2n) is 8.30. The standard InChI is InChI=1S/C22H22F3N3O/c1-13-26-11-15-17(27-13)9-6-10-18(15)28-19-14-7-4-5-8-16(14)20(2,3)12-21(19,29)22(23,24)25/h4-11,19,28-29H,12H2,1-3H3. The monoisotopic (exact) mass is 401 g/mol. The van der Waals surface area contributed by atoms with Crippen molar-refractivity contribution in [1.82, 2.24) is 9.97 Å². The normalized spacial score (nSPS) is 23.6. The molecule has 1 heterocycles. The minimum Gasteiger partial charge on any atom is -0.379 e. The number of rotatable bonds is 2. The number of hydrogen-bond acceptors (Lipinski definition) is 4. The Morgan fingerprint density at radius 2 is 1.83 bits per heavy atom. The maximum absolute atomic E-state index is 14.2. The molecule has 152 valence electrons. The second-order valence-corrected chi connectivity index (χ2v) is 8.30. The van der Waals surface area contributed by atoms with Crippen LogP contribution in [0.2, 0.25) is 0 Å². The van der Waals surface area contributed by atoms with E-state index in [2.05, 4.69) is 15.3 Å². The number of fused-ring (bicyclic) bond motifs is 2. The molecule has 0 saturated heterocycles. The Bertz CT molecular complexity index is 1080. The van der Waals surface area contributed by atoms with Crippen molar-refractivity contribution in [3.05, 3.63) is 65.6 Å². The first-order valence-electron chi connectivity index (χ1n) is 9.40. The van der Waals surface area contributed by atoms with Crippen molar-refractivity contribution < 1.29 is 18.3 Å². The van der Waals surface area contributed by atoms with Gasteiger partial charge in [-0.3, -0.25) is 0 Å². The molecule has 29 heavy (non-hydrogen) atoms. The van der Waals surface area contributed by atoms with Crippen LogP contribution in [0.4, 0.5) is 18.9 Å².